The summed E-state index contributed by atoms with van der Waals surface area (Å²) in [4.78, 5) is 0. The SMILES string of the molecule is C#Cc1ccc[c]c1Br. The van der Waals surface area contributed by atoms with Crippen molar-refractivity contribution in [1.82, 2.24) is 0 Å². The first-order valence-electron chi connectivity index (χ1n) is 2.47. The minimum absolute atomic E-state index is 0.845. The molecule has 0 heterocycles. The Morgan fingerprint density at radius 2 is 2.44 bits per heavy atom. The maximum atomic E-state index is 5.15. The molecule has 1 heteroatoms. The van der Waals surface area contributed by atoms with Gasteiger partial charge in [-0.25, -0.2) is 0 Å². The highest BCUT2D eigenvalue weighted by atomic mass is 79.9. The molecule has 0 aliphatic carbocycles. The normalized spacial score (nSPS) is 8.44. The molecule has 0 atom stereocenters. The lowest BCUT2D eigenvalue weighted by Crippen LogP contribution is -1.73. The highest BCUT2D eigenvalue weighted by molar-refractivity contribution is 9.10. The van der Waals surface area contributed by atoms with Gasteiger partial charge in [-0.3, -0.25) is 0 Å². The summed E-state index contributed by atoms with van der Waals surface area (Å²) in [6, 6.07) is 8.46. The zero-order valence-corrected chi connectivity index (χ0v) is 6.27. The smallest absolute Gasteiger partial charge is 0.0410 e. The van der Waals surface area contributed by atoms with Crippen LogP contribution < -0.4 is 0 Å². The third kappa shape index (κ3) is 1.34. The summed E-state index contributed by atoms with van der Waals surface area (Å²) >= 11 is 3.26. The van der Waals surface area contributed by atoms with Gasteiger partial charge in [0, 0.05) is 10.0 Å². The van der Waals surface area contributed by atoms with Crippen molar-refractivity contribution < 1.29 is 0 Å². The van der Waals surface area contributed by atoms with E-state index < -0.39 is 0 Å². The molecular weight excluding hydrogens is 176 g/mol. The minimum Gasteiger partial charge on any atom is -0.115 e. The summed E-state index contributed by atoms with van der Waals surface area (Å²) in [7, 11) is 0. The number of benzene rings is 1. The summed E-state index contributed by atoms with van der Waals surface area (Å²) in [5.74, 6) is 2.52. The van der Waals surface area contributed by atoms with E-state index in [2.05, 4.69) is 27.9 Å². The second kappa shape index (κ2) is 2.70. The fourth-order valence-corrected chi connectivity index (χ4v) is 0.907. The molecule has 9 heavy (non-hydrogen) atoms. The summed E-state index contributed by atoms with van der Waals surface area (Å²) < 4.78 is 0.854. The molecule has 0 saturated carbocycles. The zero-order valence-electron chi connectivity index (χ0n) is 4.69. The zero-order chi connectivity index (χ0) is 6.69. The van der Waals surface area contributed by atoms with Crippen LogP contribution in [0.4, 0.5) is 0 Å². The van der Waals surface area contributed by atoms with Crippen molar-refractivity contribution in [3.63, 3.8) is 0 Å². The van der Waals surface area contributed by atoms with Crippen LogP contribution in [0.25, 0.3) is 0 Å². The van der Waals surface area contributed by atoms with Gasteiger partial charge in [-0.05, 0) is 28.1 Å². The first kappa shape index (κ1) is 6.38. The van der Waals surface area contributed by atoms with Crippen LogP contribution in [-0.2, 0) is 0 Å². The maximum Gasteiger partial charge on any atom is 0.0410 e. The molecule has 0 aliphatic heterocycles. The van der Waals surface area contributed by atoms with Crippen molar-refractivity contribution in [2.24, 2.45) is 0 Å². The van der Waals surface area contributed by atoms with E-state index in [1.165, 1.54) is 0 Å². The molecule has 1 aromatic carbocycles. The van der Waals surface area contributed by atoms with E-state index in [1.807, 2.05) is 18.2 Å². The highest BCUT2D eigenvalue weighted by Gasteiger charge is 1.90. The third-order valence-corrected chi connectivity index (χ3v) is 1.62. The van der Waals surface area contributed by atoms with Gasteiger partial charge < -0.3 is 0 Å². The molecule has 0 aliphatic rings. The fourth-order valence-electron chi connectivity index (χ4n) is 0.528. The molecule has 0 bridgehead atoms. The average Bonchev–Trinajstić information content (AvgIpc) is 1.89. The Morgan fingerprint density at radius 1 is 1.67 bits per heavy atom. The van der Waals surface area contributed by atoms with Crippen LogP contribution in [0, 0.1) is 18.4 Å². The number of rotatable bonds is 0. The first-order valence-corrected chi connectivity index (χ1v) is 3.26. The van der Waals surface area contributed by atoms with Crippen LogP contribution in [0.2, 0.25) is 0 Å². The van der Waals surface area contributed by atoms with Crippen molar-refractivity contribution in [3.8, 4) is 12.3 Å². The quantitative estimate of drug-likeness (QED) is 0.537. The van der Waals surface area contributed by atoms with Crippen LogP contribution >= 0.6 is 15.9 Å². The van der Waals surface area contributed by atoms with Gasteiger partial charge >= 0.3 is 0 Å². The predicted octanol–water partition coefficient (Wildman–Crippen LogP) is 2.23. The topological polar surface area (TPSA) is 0 Å². The molecule has 0 N–H and O–H groups in total. The van der Waals surface area contributed by atoms with Gasteiger partial charge in [0.05, 0.1) is 0 Å². The third-order valence-electron chi connectivity index (χ3n) is 0.961. The van der Waals surface area contributed by atoms with E-state index in [-0.39, 0.29) is 0 Å². The molecule has 1 aromatic rings. The number of hydrogen-bond donors (Lipinski definition) is 0. The average molecular weight is 180 g/mol. The predicted molar refractivity (Wildman–Crippen MR) is 40.9 cm³/mol. The van der Waals surface area contributed by atoms with Crippen LogP contribution in [0.5, 0.6) is 0 Å². The van der Waals surface area contributed by atoms with E-state index in [0.29, 0.717) is 0 Å². The Bertz CT molecular complexity index is 245. The highest BCUT2D eigenvalue weighted by Crippen LogP contribution is 2.12. The van der Waals surface area contributed by atoms with Gasteiger partial charge in [0.2, 0.25) is 0 Å². The van der Waals surface area contributed by atoms with Crippen molar-refractivity contribution in [2.45, 2.75) is 0 Å². The molecule has 0 spiro atoms. The van der Waals surface area contributed by atoms with Crippen LogP contribution in [0.15, 0.2) is 22.7 Å². The summed E-state index contributed by atoms with van der Waals surface area (Å²) in [6.45, 7) is 0. The summed E-state index contributed by atoms with van der Waals surface area (Å²) in [5, 5.41) is 0. The fraction of sp³-hybridized carbons (Fsp3) is 0. The van der Waals surface area contributed by atoms with Gasteiger partial charge in [0.15, 0.2) is 0 Å². The lowest BCUT2D eigenvalue weighted by Gasteiger charge is -1.90. The Balaban J connectivity index is 3.20. The van der Waals surface area contributed by atoms with Crippen molar-refractivity contribution in [1.29, 1.82) is 0 Å². The molecular formula is C8H4Br. The van der Waals surface area contributed by atoms with Crippen LogP contribution in [-0.4, -0.2) is 0 Å². The standard InChI is InChI=1S/C8H4Br/c1-2-7-5-3-4-6-8(7)9/h1,3-5H. The number of halogens is 1. The van der Waals surface area contributed by atoms with E-state index in [9.17, 15) is 0 Å². The largest absolute Gasteiger partial charge is 0.115 e. The molecule has 0 fully saturated rings. The van der Waals surface area contributed by atoms with Gasteiger partial charge in [0.25, 0.3) is 0 Å². The van der Waals surface area contributed by atoms with Crippen LogP contribution in [0.1, 0.15) is 5.56 Å². The first-order chi connectivity index (χ1) is 4.34. The van der Waals surface area contributed by atoms with E-state index >= 15 is 0 Å². The molecule has 0 nitrogen and oxygen atoms in total. The second-order valence-electron chi connectivity index (χ2n) is 1.54. The van der Waals surface area contributed by atoms with Gasteiger partial charge in [0.1, 0.15) is 0 Å². The lowest BCUT2D eigenvalue weighted by molar-refractivity contribution is 1.58. The van der Waals surface area contributed by atoms with Crippen molar-refractivity contribution in [2.75, 3.05) is 0 Å². The van der Waals surface area contributed by atoms with E-state index in [1.54, 1.807) is 0 Å². The van der Waals surface area contributed by atoms with Crippen LogP contribution in [0.3, 0.4) is 0 Å². The minimum atomic E-state index is 0.845. The summed E-state index contributed by atoms with van der Waals surface area (Å²) in [6.07, 6.45) is 5.15. The van der Waals surface area contributed by atoms with Crippen molar-refractivity contribution >= 4 is 15.9 Å². The monoisotopic (exact) mass is 179 g/mol. The maximum absolute atomic E-state index is 5.15. The van der Waals surface area contributed by atoms with Gasteiger partial charge in [-0.1, -0.05) is 18.1 Å². The molecule has 1 rings (SSSR count). The lowest BCUT2D eigenvalue weighted by atomic mass is 10.2. The van der Waals surface area contributed by atoms with E-state index in [4.69, 9.17) is 6.42 Å². The Labute approximate surface area is 63.0 Å². The number of terminal acetylenes is 1. The molecule has 0 amide bonds. The van der Waals surface area contributed by atoms with Crippen molar-refractivity contribution in [3.05, 3.63) is 34.3 Å². The summed E-state index contributed by atoms with van der Waals surface area (Å²) in [5.41, 5.74) is 0.845. The molecule has 0 saturated heterocycles. The molecule has 43 valence electrons. The Kier molecular flexibility index (Phi) is 1.92. The van der Waals surface area contributed by atoms with Gasteiger partial charge in [-0.2, -0.15) is 0 Å². The van der Waals surface area contributed by atoms with Gasteiger partial charge in [-0.15, -0.1) is 6.42 Å². The Morgan fingerprint density at radius 3 is 2.89 bits per heavy atom. The molecule has 1 radical (unpaired) electrons. The Hall–Kier alpha value is -0.740. The second-order valence-corrected chi connectivity index (χ2v) is 2.34. The molecule has 0 aromatic heterocycles. The molecule has 0 unspecified atom stereocenters. The van der Waals surface area contributed by atoms with E-state index in [0.717, 1.165) is 10.0 Å². The number of hydrogen-bond acceptors (Lipinski definition) is 0.